The summed E-state index contributed by atoms with van der Waals surface area (Å²) in [6, 6.07) is 10.5. The molecular weight excluding hydrogens is 340 g/mol. The molecule has 0 spiro atoms. The van der Waals surface area contributed by atoms with E-state index in [9.17, 15) is 0 Å². The Bertz CT molecular complexity index is 836. The summed E-state index contributed by atoms with van der Waals surface area (Å²) in [5, 5.41) is 6.42. The molecule has 0 radical (unpaired) electrons. The van der Waals surface area contributed by atoms with Gasteiger partial charge in [0.1, 0.15) is 5.82 Å². The van der Waals surface area contributed by atoms with E-state index >= 15 is 0 Å². The van der Waals surface area contributed by atoms with Crippen molar-refractivity contribution in [1.82, 2.24) is 10.6 Å². The first-order chi connectivity index (χ1) is 13.3. The fourth-order valence-corrected chi connectivity index (χ4v) is 2.46. The second-order valence-corrected chi connectivity index (χ2v) is 6.90. The fourth-order valence-electron chi connectivity index (χ4n) is 2.46. The molecule has 0 unspecified atom stereocenters. The summed E-state index contributed by atoms with van der Waals surface area (Å²) in [4.78, 5) is 0. The van der Waals surface area contributed by atoms with Crippen molar-refractivity contribution in [1.29, 1.82) is 0 Å². The molecule has 2 heteroatoms. The van der Waals surface area contributed by atoms with Crippen LogP contribution in [0.3, 0.4) is 0 Å². The van der Waals surface area contributed by atoms with Gasteiger partial charge >= 0.3 is 0 Å². The summed E-state index contributed by atoms with van der Waals surface area (Å²) < 4.78 is 0. The van der Waals surface area contributed by atoms with Crippen LogP contribution in [0.1, 0.15) is 39.7 Å². The normalized spacial score (nSPS) is 12.0. The van der Waals surface area contributed by atoms with E-state index in [-0.39, 0.29) is 0 Å². The van der Waals surface area contributed by atoms with Gasteiger partial charge in [0.15, 0.2) is 0 Å². The van der Waals surface area contributed by atoms with Crippen molar-refractivity contribution in [2.75, 3.05) is 0 Å². The number of aryl methyl sites for hydroxylation is 1. The summed E-state index contributed by atoms with van der Waals surface area (Å²) in [6.07, 6.45) is 15.6. The lowest BCUT2D eigenvalue weighted by molar-refractivity contribution is 0.854. The van der Waals surface area contributed by atoms with Gasteiger partial charge in [-0.3, -0.25) is 0 Å². The molecule has 1 rings (SSSR count). The summed E-state index contributed by atoms with van der Waals surface area (Å²) in [6.45, 7) is 16.2. The van der Waals surface area contributed by atoms with Crippen molar-refractivity contribution >= 4 is 0 Å². The largest absolute Gasteiger partial charge is 0.343 e. The minimum absolute atomic E-state index is 0.628. The van der Waals surface area contributed by atoms with E-state index in [2.05, 4.69) is 67.0 Å². The van der Waals surface area contributed by atoms with Gasteiger partial charge in [0.05, 0.1) is 0 Å². The third-order valence-corrected chi connectivity index (χ3v) is 4.02. The second kappa shape index (κ2) is 12.3. The first-order valence-electron chi connectivity index (χ1n) is 9.47. The van der Waals surface area contributed by atoms with Crippen LogP contribution in [0.15, 0.2) is 102 Å². The number of allylic oxidation sites excluding steroid dienone is 7. The van der Waals surface area contributed by atoms with E-state index in [4.69, 9.17) is 6.42 Å². The van der Waals surface area contributed by atoms with Crippen LogP contribution in [0.5, 0.6) is 0 Å². The van der Waals surface area contributed by atoms with Gasteiger partial charge in [-0.05, 0) is 58.3 Å². The topological polar surface area (TPSA) is 24.1 Å². The highest BCUT2D eigenvalue weighted by molar-refractivity contribution is 5.45. The van der Waals surface area contributed by atoms with E-state index in [0.717, 1.165) is 18.5 Å². The monoisotopic (exact) mass is 372 g/mol. The molecule has 2 N–H and O–H groups in total. The fraction of sp³-hybridized carbons (Fsp3) is 0.231. The van der Waals surface area contributed by atoms with Crippen molar-refractivity contribution in [2.45, 2.75) is 40.5 Å². The Morgan fingerprint density at radius 3 is 2.32 bits per heavy atom. The molecular formula is C26H32N2. The number of nitrogens with one attached hydrogen (secondary N) is 2. The molecule has 0 aliphatic rings. The van der Waals surface area contributed by atoms with Crippen molar-refractivity contribution in [3.63, 3.8) is 0 Å². The molecule has 0 amide bonds. The molecule has 28 heavy (non-hydrogen) atoms. The summed E-state index contributed by atoms with van der Waals surface area (Å²) >= 11 is 0. The minimum atomic E-state index is 0.628. The quantitative estimate of drug-likeness (QED) is 0.380. The van der Waals surface area contributed by atoms with E-state index < -0.39 is 0 Å². The number of hydrogen-bond donors (Lipinski definition) is 2. The highest BCUT2D eigenvalue weighted by Crippen LogP contribution is 2.11. The van der Waals surface area contributed by atoms with Gasteiger partial charge in [0.2, 0.25) is 0 Å². The molecule has 1 aromatic rings. The van der Waals surface area contributed by atoms with Crippen LogP contribution in [0, 0.1) is 12.3 Å². The van der Waals surface area contributed by atoms with Gasteiger partial charge in [-0.25, -0.2) is 0 Å². The molecule has 0 saturated heterocycles. The van der Waals surface area contributed by atoms with E-state index in [1.54, 1.807) is 0 Å². The Kier molecular flexibility index (Phi) is 10.0. The van der Waals surface area contributed by atoms with Crippen LogP contribution in [0.4, 0.5) is 0 Å². The molecule has 0 bridgehead atoms. The Labute approximate surface area is 171 Å². The van der Waals surface area contributed by atoms with Crippen LogP contribution < -0.4 is 10.6 Å². The Hall–Kier alpha value is -3.18. The third kappa shape index (κ3) is 8.96. The van der Waals surface area contributed by atoms with Crippen LogP contribution in [0.25, 0.3) is 0 Å². The maximum atomic E-state index is 5.59. The lowest BCUT2D eigenvalue weighted by atomic mass is 10.0. The zero-order valence-corrected chi connectivity index (χ0v) is 17.6. The van der Waals surface area contributed by atoms with Crippen LogP contribution in [-0.2, 0) is 6.42 Å². The number of rotatable bonds is 10. The molecule has 0 atom stereocenters. The number of hydrogen-bond acceptors (Lipinski definition) is 2. The van der Waals surface area contributed by atoms with Gasteiger partial charge in [-0.2, -0.15) is 0 Å². The summed E-state index contributed by atoms with van der Waals surface area (Å²) in [5.41, 5.74) is 6.12. The molecule has 2 nitrogen and oxygen atoms in total. The molecule has 0 aliphatic carbocycles. The SMILES string of the molecule is C#C/C(=C\C=C(C)C)C(=C)NC(=C)NC(/C=C(\C)CCc1ccccc1)=C/C. The predicted octanol–water partition coefficient (Wildman–Crippen LogP) is 6.16. The third-order valence-electron chi connectivity index (χ3n) is 4.02. The van der Waals surface area contributed by atoms with E-state index in [1.807, 2.05) is 45.1 Å². The van der Waals surface area contributed by atoms with E-state index in [0.29, 0.717) is 17.1 Å². The Balaban J connectivity index is 2.65. The Morgan fingerprint density at radius 2 is 1.75 bits per heavy atom. The summed E-state index contributed by atoms with van der Waals surface area (Å²) in [7, 11) is 0. The first-order valence-corrected chi connectivity index (χ1v) is 9.47. The van der Waals surface area contributed by atoms with Gasteiger partial charge < -0.3 is 10.6 Å². The van der Waals surface area contributed by atoms with Crippen LogP contribution in [-0.4, -0.2) is 0 Å². The highest BCUT2D eigenvalue weighted by Gasteiger charge is 2.03. The van der Waals surface area contributed by atoms with Crippen molar-refractivity contribution < 1.29 is 0 Å². The zero-order chi connectivity index (χ0) is 20.9. The van der Waals surface area contributed by atoms with Gasteiger partial charge in [0.25, 0.3) is 0 Å². The van der Waals surface area contributed by atoms with Crippen LogP contribution >= 0.6 is 0 Å². The number of benzene rings is 1. The standard InChI is InChI=1S/C26H32N2/c1-8-25(18-15-20(3)4)22(6)27-23(7)28-26(9-2)19-21(5)16-17-24-13-11-10-12-14-24/h1,9-15,18-19,27-28H,6-7,16-17H2,2-5H3/b21-19+,25-18+,26-9+. The maximum absolute atomic E-state index is 5.59. The molecule has 0 aromatic heterocycles. The van der Waals surface area contributed by atoms with Crippen molar-refractivity contribution in [3.8, 4) is 12.3 Å². The molecule has 0 saturated carbocycles. The highest BCUT2D eigenvalue weighted by atomic mass is 15.1. The van der Waals surface area contributed by atoms with Gasteiger partial charge in [-0.1, -0.05) is 72.7 Å². The molecule has 0 fully saturated rings. The lowest BCUT2D eigenvalue weighted by Crippen LogP contribution is -2.24. The lowest BCUT2D eigenvalue weighted by Gasteiger charge is -2.15. The molecule has 0 heterocycles. The molecule has 146 valence electrons. The summed E-state index contributed by atoms with van der Waals surface area (Å²) in [5.74, 6) is 3.28. The maximum Gasteiger partial charge on any atom is 0.100 e. The average molecular weight is 373 g/mol. The van der Waals surface area contributed by atoms with Gasteiger partial charge in [-0.15, -0.1) is 6.42 Å². The number of terminal acetylenes is 1. The predicted molar refractivity (Wildman–Crippen MR) is 123 cm³/mol. The van der Waals surface area contributed by atoms with E-state index in [1.165, 1.54) is 16.7 Å². The smallest absolute Gasteiger partial charge is 0.100 e. The second-order valence-electron chi connectivity index (χ2n) is 6.90. The zero-order valence-electron chi connectivity index (χ0n) is 17.6. The van der Waals surface area contributed by atoms with Crippen molar-refractivity contribution in [2.24, 2.45) is 0 Å². The molecule has 0 aliphatic heterocycles. The average Bonchev–Trinajstić information content (AvgIpc) is 2.66. The minimum Gasteiger partial charge on any atom is -0.343 e. The van der Waals surface area contributed by atoms with Gasteiger partial charge in [0, 0.05) is 17.0 Å². The first kappa shape index (κ1) is 22.9. The Morgan fingerprint density at radius 1 is 1.07 bits per heavy atom. The van der Waals surface area contributed by atoms with Crippen LogP contribution in [0.2, 0.25) is 0 Å². The van der Waals surface area contributed by atoms with Crippen molar-refractivity contribution in [3.05, 3.63) is 107 Å². The molecule has 1 aromatic carbocycles.